The molecule has 0 aromatic heterocycles. The Labute approximate surface area is 84.6 Å². The smallest absolute Gasteiger partial charge is 0.0484 e. The van der Waals surface area contributed by atoms with Crippen LogP contribution < -0.4 is 0 Å². The van der Waals surface area contributed by atoms with E-state index in [1.54, 1.807) is 0 Å². The molecule has 82 valence electrons. The molecule has 0 aromatic carbocycles. The molecule has 0 heterocycles. The number of hydrogen-bond donors (Lipinski definition) is 1. The molecule has 0 fully saturated rings. The van der Waals surface area contributed by atoms with Crippen molar-refractivity contribution < 1.29 is 5.11 Å². The summed E-state index contributed by atoms with van der Waals surface area (Å²) in [5, 5.41) is 9.24. The quantitative estimate of drug-likeness (QED) is 0.697. The van der Waals surface area contributed by atoms with Crippen LogP contribution in [0.3, 0.4) is 0 Å². The molecule has 0 saturated carbocycles. The van der Waals surface area contributed by atoms with Gasteiger partial charge in [-0.3, -0.25) is 0 Å². The second-order valence-corrected chi connectivity index (χ2v) is 4.79. The Bertz CT molecular complexity index is 116. The molecule has 13 heavy (non-hydrogen) atoms. The van der Waals surface area contributed by atoms with Crippen molar-refractivity contribution in [3.63, 3.8) is 0 Å². The number of hydrogen-bond acceptors (Lipinski definition) is 1. The summed E-state index contributed by atoms with van der Waals surface area (Å²) in [5.74, 6) is 1.32. The molecule has 0 radical (unpaired) electrons. The summed E-state index contributed by atoms with van der Waals surface area (Å²) >= 11 is 0. The molecule has 0 amide bonds. The van der Waals surface area contributed by atoms with Gasteiger partial charge in [0.25, 0.3) is 0 Å². The van der Waals surface area contributed by atoms with E-state index in [2.05, 4.69) is 34.6 Å². The van der Waals surface area contributed by atoms with Gasteiger partial charge in [-0.25, -0.2) is 0 Å². The van der Waals surface area contributed by atoms with E-state index in [4.69, 9.17) is 0 Å². The molecule has 0 unspecified atom stereocenters. The van der Waals surface area contributed by atoms with Crippen molar-refractivity contribution in [3.8, 4) is 0 Å². The van der Waals surface area contributed by atoms with Gasteiger partial charge < -0.3 is 5.11 Å². The Kier molecular flexibility index (Phi) is 7.62. The van der Waals surface area contributed by atoms with Crippen molar-refractivity contribution in [3.05, 3.63) is 0 Å². The van der Waals surface area contributed by atoms with Crippen LogP contribution in [0, 0.1) is 17.3 Å². The first-order chi connectivity index (χ1) is 5.45. The van der Waals surface area contributed by atoms with E-state index in [1.807, 2.05) is 0 Å². The first-order valence-electron chi connectivity index (χ1n) is 5.06. The highest BCUT2D eigenvalue weighted by atomic mass is 16.3. The van der Waals surface area contributed by atoms with Gasteiger partial charge in [0.1, 0.15) is 0 Å². The average molecular weight is 188 g/mol. The molecule has 1 nitrogen and oxygen atoms in total. The fraction of sp³-hybridized carbons (Fsp3) is 1.00. The Morgan fingerprint density at radius 3 is 1.92 bits per heavy atom. The van der Waals surface area contributed by atoms with Gasteiger partial charge in [0.2, 0.25) is 0 Å². The van der Waals surface area contributed by atoms with E-state index in [9.17, 15) is 5.11 Å². The summed E-state index contributed by atoms with van der Waals surface area (Å²) in [6.07, 6.45) is 2.44. The third kappa shape index (κ3) is 4.66. The summed E-state index contributed by atoms with van der Waals surface area (Å²) in [4.78, 5) is 0. The second-order valence-electron chi connectivity index (χ2n) is 4.79. The molecule has 0 aromatic rings. The standard InChI is InChI=1S/C11H24O.CH4/c1-6-7-10(9(2)3)11(4,5)8-12;/h9-10,12H,6-8H2,1-5H3;1H4/t10-;/m0./s1. The summed E-state index contributed by atoms with van der Waals surface area (Å²) in [7, 11) is 0. The van der Waals surface area contributed by atoms with Gasteiger partial charge in [-0.15, -0.1) is 0 Å². The van der Waals surface area contributed by atoms with Crippen LogP contribution in [-0.4, -0.2) is 11.7 Å². The first-order valence-corrected chi connectivity index (χ1v) is 5.06. The number of aliphatic hydroxyl groups is 1. The predicted molar refractivity (Wildman–Crippen MR) is 60.8 cm³/mol. The Balaban J connectivity index is 0. The van der Waals surface area contributed by atoms with Crippen LogP contribution in [0.4, 0.5) is 0 Å². The number of aliphatic hydroxyl groups excluding tert-OH is 1. The normalized spacial score (nSPS) is 14.1. The minimum absolute atomic E-state index is 0. The fourth-order valence-electron chi connectivity index (χ4n) is 2.05. The van der Waals surface area contributed by atoms with Gasteiger partial charge in [0.15, 0.2) is 0 Å². The van der Waals surface area contributed by atoms with Crippen LogP contribution in [-0.2, 0) is 0 Å². The van der Waals surface area contributed by atoms with Crippen LogP contribution in [0.2, 0.25) is 0 Å². The van der Waals surface area contributed by atoms with Crippen molar-refractivity contribution >= 4 is 0 Å². The van der Waals surface area contributed by atoms with Gasteiger partial charge >= 0.3 is 0 Å². The zero-order chi connectivity index (χ0) is 9.78. The van der Waals surface area contributed by atoms with Crippen molar-refractivity contribution in [1.82, 2.24) is 0 Å². The molecular formula is C12H28O. The molecule has 1 atom stereocenters. The summed E-state index contributed by atoms with van der Waals surface area (Å²) in [6.45, 7) is 11.3. The third-order valence-electron chi connectivity index (χ3n) is 2.82. The maximum absolute atomic E-state index is 9.24. The lowest BCUT2D eigenvalue weighted by atomic mass is 9.71. The third-order valence-corrected chi connectivity index (χ3v) is 2.82. The van der Waals surface area contributed by atoms with Gasteiger partial charge in [0.05, 0.1) is 0 Å². The van der Waals surface area contributed by atoms with Crippen LogP contribution in [0.1, 0.15) is 54.9 Å². The second kappa shape index (κ2) is 6.42. The maximum Gasteiger partial charge on any atom is 0.0484 e. The van der Waals surface area contributed by atoms with Crippen LogP contribution >= 0.6 is 0 Å². The Morgan fingerprint density at radius 2 is 1.69 bits per heavy atom. The zero-order valence-corrected chi connectivity index (χ0v) is 9.22. The molecule has 0 spiro atoms. The van der Waals surface area contributed by atoms with Crippen LogP contribution in [0.5, 0.6) is 0 Å². The lowest BCUT2D eigenvalue weighted by Gasteiger charge is -2.35. The van der Waals surface area contributed by atoms with E-state index < -0.39 is 0 Å². The van der Waals surface area contributed by atoms with Gasteiger partial charge in [-0.2, -0.15) is 0 Å². The van der Waals surface area contributed by atoms with E-state index in [0.717, 1.165) is 0 Å². The molecule has 0 aliphatic rings. The van der Waals surface area contributed by atoms with Crippen LogP contribution in [0.25, 0.3) is 0 Å². The van der Waals surface area contributed by atoms with Crippen molar-refractivity contribution in [2.75, 3.05) is 6.61 Å². The SMILES string of the molecule is C.CCC[C@@H](C(C)C)C(C)(C)CO. The average Bonchev–Trinajstić information content (AvgIpc) is 1.99. The van der Waals surface area contributed by atoms with E-state index >= 15 is 0 Å². The van der Waals surface area contributed by atoms with Crippen molar-refractivity contribution in [2.24, 2.45) is 17.3 Å². The molecule has 1 heteroatoms. The first kappa shape index (κ1) is 15.4. The van der Waals surface area contributed by atoms with Crippen molar-refractivity contribution in [1.29, 1.82) is 0 Å². The molecule has 0 rings (SSSR count). The molecule has 1 N–H and O–H groups in total. The topological polar surface area (TPSA) is 20.2 Å². The fourth-order valence-corrected chi connectivity index (χ4v) is 2.05. The molecular weight excluding hydrogens is 160 g/mol. The summed E-state index contributed by atoms with van der Waals surface area (Å²) in [6, 6.07) is 0. The van der Waals surface area contributed by atoms with Crippen molar-refractivity contribution in [2.45, 2.75) is 54.9 Å². The highest BCUT2D eigenvalue weighted by Gasteiger charge is 2.30. The minimum atomic E-state index is 0. The lowest BCUT2D eigenvalue weighted by molar-refractivity contribution is 0.0636. The van der Waals surface area contributed by atoms with E-state index in [-0.39, 0.29) is 12.8 Å². The van der Waals surface area contributed by atoms with Gasteiger partial charge in [0, 0.05) is 6.61 Å². The summed E-state index contributed by atoms with van der Waals surface area (Å²) < 4.78 is 0. The molecule has 0 bridgehead atoms. The van der Waals surface area contributed by atoms with Gasteiger partial charge in [-0.05, 0) is 23.7 Å². The lowest BCUT2D eigenvalue weighted by Crippen LogP contribution is -2.31. The highest BCUT2D eigenvalue weighted by molar-refractivity contribution is 4.79. The Morgan fingerprint density at radius 1 is 1.23 bits per heavy atom. The van der Waals surface area contributed by atoms with Crippen LogP contribution in [0.15, 0.2) is 0 Å². The predicted octanol–water partition coefficient (Wildman–Crippen LogP) is 3.71. The Hall–Kier alpha value is -0.0400. The molecule has 0 saturated heterocycles. The van der Waals surface area contributed by atoms with Gasteiger partial charge in [-0.1, -0.05) is 48.5 Å². The molecule has 0 aliphatic carbocycles. The summed E-state index contributed by atoms with van der Waals surface area (Å²) in [5.41, 5.74) is 0.0875. The molecule has 0 aliphatic heterocycles. The largest absolute Gasteiger partial charge is 0.396 e. The van der Waals surface area contributed by atoms with E-state index in [1.165, 1.54) is 12.8 Å². The highest BCUT2D eigenvalue weighted by Crippen LogP contribution is 2.35. The minimum Gasteiger partial charge on any atom is -0.396 e. The zero-order valence-electron chi connectivity index (χ0n) is 9.22. The maximum atomic E-state index is 9.24. The van der Waals surface area contributed by atoms with E-state index in [0.29, 0.717) is 18.4 Å². The number of rotatable bonds is 5. The monoisotopic (exact) mass is 188 g/mol.